The molecule has 0 unspecified atom stereocenters. The van der Waals surface area contributed by atoms with Crippen LogP contribution in [0.15, 0.2) is 0 Å². The summed E-state index contributed by atoms with van der Waals surface area (Å²) >= 11 is 0. The van der Waals surface area contributed by atoms with Gasteiger partial charge < -0.3 is 10.2 Å². The van der Waals surface area contributed by atoms with Crippen molar-refractivity contribution in [2.75, 3.05) is 13.1 Å². The van der Waals surface area contributed by atoms with Crippen molar-refractivity contribution in [3.05, 3.63) is 0 Å². The van der Waals surface area contributed by atoms with E-state index in [9.17, 15) is 9.59 Å². The Bertz CT molecular complexity index is 258. The predicted octanol–water partition coefficient (Wildman–Crippen LogP) is -0.113. The van der Waals surface area contributed by atoms with E-state index in [1.807, 2.05) is 0 Å². The molecule has 1 N–H and O–H groups in total. The van der Waals surface area contributed by atoms with Crippen LogP contribution in [0.4, 0.5) is 0 Å². The molecule has 0 aromatic rings. The molecule has 4 heteroatoms. The highest BCUT2D eigenvalue weighted by Crippen LogP contribution is 2.37. The van der Waals surface area contributed by atoms with Gasteiger partial charge in [0.15, 0.2) is 0 Å². The zero-order valence-corrected chi connectivity index (χ0v) is 7.80. The molecule has 1 aliphatic heterocycles. The molecule has 2 amide bonds. The lowest BCUT2D eigenvalue weighted by molar-refractivity contribution is -0.149. The van der Waals surface area contributed by atoms with E-state index in [0.717, 1.165) is 12.8 Å². The van der Waals surface area contributed by atoms with Crippen LogP contribution in [0.3, 0.4) is 0 Å². The third-order valence-corrected chi connectivity index (χ3v) is 3.12. The molecule has 0 aromatic carbocycles. The minimum absolute atomic E-state index is 0.0329. The van der Waals surface area contributed by atoms with Gasteiger partial charge in [-0.2, -0.15) is 0 Å². The molecule has 0 atom stereocenters. The first-order chi connectivity index (χ1) is 6.12. The number of hydrogen-bond acceptors (Lipinski definition) is 2. The fourth-order valence-corrected chi connectivity index (χ4v) is 2.01. The summed E-state index contributed by atoms with van der Waals surface area (Å²) in [7, 11) is 0. The van der Waals surface area contributed by atoms with E-state index in [2.05, 4.69) is 12.2 Å². The van der Waals surface area contributed by atoms with Gasteiger partial charge in [0.25, 0.3) is 0 Å². The third-order valence-electron chi connectivity index (χ3n) is 3.12. The summed E-state index contributed by atoms with van der Waals surface area (Å²) in [5.74, 6) is 0.0227. The molecule has 72 valence electrons. The van der Waals surface area contributed by atoms with Gasteiger partial charge >= 0.3 is 0 Å². The van der Waals surface area contributed by atoms with Gasteiger partial charge in [-0.3, -0.25) is 9.59 Å². The summed E-state index contributed by atoms with van der Waals surface area (Å²) in [4.78, 5) is 24.3. The van der Waals surface area contributed by atoms with E-state index in [4.69, 9.17) is 0 Å². The van der Waals surface area contributed by atoms with Gasteiger partial charge in [-0.15, -0.1) is 0 Å². The molecular weight excluding hydrogens is 168 g/mol. The van der Waals surface area contributed by atoms with E-state index in [-0.39, 0.29) is 30.4 Å². The fourth-order valence-electron chi connectivity index (χ4n) is 2.01. The minimum atomic E-state index is -0.0345. The second-order valence-electron chi connectivity index (χ2n) is 4.11. The number of nitrogens with one attached hydrogen (secondary N) is 1. The molecule has 4 nitrogen and oxygen atoms in total. The number of carbonyl (C=O) groups is 2. The quantitative estimate of drug-likeness (QED) is 0.615. The maximum absolute atomic E-state index is 11.5. The maximum Gasteiger partial charge on any atom is 0.242 e. The van der Waals surface area contributed by atoms with Gasteiger partial charge in [0.1, 0.15) is 6.54 Å². The molecule has 0 aromatic heterocycles. The van der Waals surface area contributed by atoms with Gasteiger partial charge in [-0.25, -0.2) is 0 Å². The van der Waals surface area contributed by atoms with E-state index >= 15 is 0 Å². The number of nitrogens with zero attached hydrogens (tertiary/aromatic N) is 1. The lowest BCUT2D eigenvalue weighted by Crippen LogP contribution is -2.62. The molecule has 1 saturated carbocycles. The SMILES string of the molecule is CC1(N2CC(=O)NCC2=O)CCC1. The van der Waals surface area contributed by atoms with Gasteiger partial charge in [0.05, 0.1) is 6.54 Å². The van der Waals surface area contributed by atoms with E-state index in [0.29, 0.717) is 0 Å². The van der Waals surface area contributed by atoms with Crippen molar-refractivity contribution in [1.29, 1.82) is 0 Å². The van der Waals surface area contributed by atoms with Crippen LogP contribution < -0.4 is 5.32 Å². The molecule has 2 rings (SSSR count). The Morgan fingerprint density at radius 3 is 2.62 bits per heavy atom. The zero-order valence-electron chi connectivity index (χ0n) is 7.80. The Morgan fingerprint density at radius 2 is 2.08 bits per heavy atom. The van der Waals surface area contributed by atoms with E-state index in [1.54, 1.807) is 4.90 Å². The Labute approximate surface area is 77.3 Å². The van der Waals surface area contributed by atoms with Crippen molar-refractivity contribution in [3.63, 3.8) is 0 Å². The van der Waals surface area contributed by atoms with Crippen LogP contribution in [-0.4, -0.2) is 35.3 Å². The Balaban J connectivity index is 2.11. The highest BCUT2D eigenvalue weighted by Gasteiger charge is 2.42. The van der Waals surface area contributed by atoms with Crippen molar-refractivity contribution in [3.8, 4) is 0 Å². The van der Waals surface area contributed by atoms with Gasteiger partial charge in [0.2, 0.25) is 11.8 Å². The highest BCUT2D eigenvalue weighted by atomic mass is 16.2. The summed E-state index contributed by atoms with van der Waals surface area (Å²) < 4.78 is 0. The average molecular weight is 182 g/mol. The van der Waals surface area contributed by atoms with Crippen molar-refractivity contribution < 1.29 is 9.59 Å². The second kappa shape index (κ2) is 2.72. The number of piperazine rings is 1. The summed E-state index contributed by atoms with van der Waals surface area (Å²) in [5.41, 5.74) is -0.0329. The van der Waals surface area contributed by atoms with Gasteiger partial charge in [0, 0.05) is 5.54 Å². The lowest BCUT2D eigenvalue weighted by atomic mass is 9.76. The molecule has 0 spiro atoms. The summed E-state index contributed by atoms with van der Waals surface area (Å²) in [6, 6.07) is 0. The van der Waals surface area contributed by atoms with Gasteiger partial charge in [-0.05, 0) is 26.2 Å². The Hall–Kier alpha value is -1.06. The lowest BCUT2D eigenvalue weighted by Gasteiger charge is -2.48. The van der Waals surface area contributed by atoms with Crippen LogP contribution in [0.1, 0.15) is 26.2 Å². The minimum Gasteiger partial charge on any atom is -0.345 e. The number of amides is 2. The standard InChI is InChI=1S/C9H14N2O2/c1-9(3-2-4-9)11-6-7(12)10-5-8(11)13/h2-6H2,1H3,(H,10,12). The Kier molecular flexibility index (Phi) is 1.78. The number of rotatable bonds is 1. The smallest absolute Gasteiger partial charge is 0.242 e. The van der Waals surface area contributed by atoms with Crippen molar-refractivity contribution in [2.45, 2.75) is 31.7 Å². The van der Waals surface area contributed by atoms with Crippen LogP contribution >= 0.6 is 0 Å². The van der Waals surface area contributed by atoms with Crippen LogP contribution in [-0.2, 0) is 9.59 Å². The first kappa shape index (κ1) is 8.53. The van der Waals surface area contributed by atoms with E-state index in [1.165, 1.54) is 6.42 Å². The second-order valence-corrected chi connectivity index (χ2v) is 4.11. The molecule has 1 heterocycles. The average Bonchev–Trinajstić information content (AvgIpc) is 2.05. The van der Waals surface area contributed by atoms with Crippen LogP contribution in [0.25, 0.3) is 0 Å². The van der Waals surface area contributed by atoms with Gasteiger partial charge in [-0.1, -0.05) is 0 Å². The molecule has 2 aliphatic rings. The maximum atomic E-state index is 11.5. The number of hydrogen-bond donors (Lipinski definition) is 1. The largest absolute Gasteiger partial charge is 0.345 e. The van der Waals surface area contributed by atoms with Crippen molar-refractivity contribution >= 4 is 11.8 Å². The van der Waals surface area contributed by atoms with Crippen LogP contribution in [0.2, 0.25) is 0 Å². The first-order valence-corrected chi connectivity index (χ1v) is 4.69. The molecule has 0 bridgehead atoms. The summed E-state index contributed by atoms with van der Waals surface area (Å²) in [5, 5.41) is 2.55. The first-order valence-electron chi connectivity index (χ1n) is 4.69. The third kappa shape index (κ3) is 1.30. The Morgan fingerprint density at radius 1 is 1.38 bits per heavy atom. The van der Waals surface area contributed by atoms with Crippen LogP contribution in [0.5, 0.6) is 0 Å². The summed E-state index contributed by atoms with van der Waals surface area (Å²) in [6.07, 6.45) is 3.24. The normalized spacial score (nSPS) is 26.7. The monoisotopic (exact) mass is 182 g/mol. The van der Waals surface area contributed by atoms with Crippen LogP contribution in [0, 0.1) is 0 Å². The molecule has 1 aliphatic carbocycles. The van der Waals surface area contributed by atoms with Crippen molar-refractivity contribution in [1.82, 2.24) is 10.2 Å². The molecule has 2 fully saturated rings. The topological polar surface area (TPSA) is 49.4 Å². The van der Waals surface area contributed by atoms with E-state index < -0.39 is 0 Å². The molecular formula is C9H14N2O2. The van der Waals surface area contributed by atoms with Crippen molar-refractivity contribution in [2.24, 2.45) is 0 Å². The zero-order chi connectivity index (χ0) is 9.47. The number of carbonyl (C=O) groups excluding carboxylic acids is 2. The highest BCUT2D eigenvalue weighted by molar-refractivity contribution is 5.92. The fraction of sp³-hybridized carbons (Fsp3) is 0.778. The molecule has 0 radical (unpaired) electrons. The predicted molar refractivity (Wildman–Crippen MR) is 47.0 cm³/mol. The molecule has 1 saturated heterocycles. The summed E-state index contributed by atoms with van der Waals surface area (Å²) in [6.45, 7) is 2.48. The molecule has 13 heavy (non-hydrogen) atoms.